The van der Waals surface area contributed by atoms with Crippen LogP contribution in [0.25, 0.3) is 11.0 Å². The highest BCUT2D eigenvalue weighted by atomic mass is 16.5. The van der Waals surface area contributed by atoms with Gasteiger partial charge < -0.3 is 19.2 Å². The van der Waals surface area contributed by atoms with Crippen molar-refractivity contribution in [3.63, 3.8) is 0 Å². The van der Waals surface area contributed by atoms with Gasteiger partial charge in [0.05, 0.1) is 12.6 Å². The van der Waals surface area contributed by atoms with E-state index in [4.69, 9.17) is 14.3 Å². The van der Waals surface area contributed by atoms with Crippen molar-refractivity contribution in [2.24, 2.45) is 0 Å². The molecule has 1 N–H and O–H groups in total. The molecule has 1 unspecified atom stereocenters. The number of rotatable bonds is 2. The Morgan fingerprint density at radius 3 is 2.57 bits per heavy atom. The summed E-state index contributed by atoms with van der Waals surface area (Å²) in [5.74, 6) is -1.15. The molecule has 1 aromatic heterocycles. The molecular weight excluding hydrogens is 298 g/mol. The van der Waals surface area contributed by atoms with Crippen LogP contribution in [-0.2, 0) is 9.53 Å². The van der Waals surface area contributed by atoms with Gasteiger partial charge in [0.25, 0.3) is 5.91 Å². The second-order valence-corrected chi connectivity index (χ2v) is 6.07. The van der Waals surface area contributed by atoms with Crippen molar-refractivity contribution in [2.75, 3.05) is 13.1 Å². The number of carboxylic acids is 1. The molecule has 0 bridgehead atoms. The minimum atomic E-state index is -1.06. The van der Waals surface area contributed by atoms with Crippen LogP contribution in [0.1, 0.15) is 28.6 Å². The lowest BCUT2D eigenvalue weighted by atomic mass is 10.1. The Morgan fingerprint density at radius 2 is 1.87 bits per heavy atom. The van der Waals surface area contributed by atoms with Crippen LogP contribution in [0.15, 0.2) is 22.6 Å². The zero-order valence-corrected chi connectivity index (χ0v) is 13.3. The number of nitrogens with zero attached hydrogens (tertiary/aromatic N) is 1. The van der Waals surface area contributed by atoms with Gasteiger partial charge in [-0.15, -0.1) is 0 Å². The van der Waals surface area contributed by atoms with Crippen molar-refractivity contribution >= 4 is 22.8 Å². The first-order valence-electron chi connectivity index (χ1n) is 7.53. The molecule has 1 aliphatic heterocycles. The maximum Gasteiger partial charge on any atom is 0.334 e. The summed E-state index contributed by atoms with van der Waals surface area (Å²) in [7, 11) is 0. The molecule has 23 heavy (non-hydrogen) atoms. The van der Waals surface area contributed by atoms with Gasteiger partial charge in [0, 0.05) is 11.9 Å². The summed E-state index contributed by atoms with van der Waals surface area (Å²) in [5, 5.41) is 9.98. The molecule has 0 saturated carbocycles. The number of aliphatic carboxylic acids is 1. The molecule has 3 rings (SSSR count). The molecule has 122 valence electrons. The maximum absolute atomic E-state index is 12.6. The topological polar surface area (TPSA) is 80.0 Å². The van der Waals surface area contributed by atoms with Crippen molar-refractivity contribution in [3.8, 4) is 0 Å². The predicted octanol–water partition coefficient (Wildman–Crippen LogP) is 2.36. The fourth-order valence-electron chi connectivity index (χ4n) is 2.82. The monoisotopic (exact) mass is 317 g/mol. The number of fused-ring (bicyclic) bond motifs is 1. The third kappa shape index (κ3) is 2.94. The number of carbonyl (C=O) groups is 2. The van der Waals surface area contributed by atoms with Crippen LogP contribution in [0.2, 0.25) is 0 Å². The molecule has 1 saturated heterocycles. The number of morpholine rings is 1. The molecule has 1 aromatic carbocycles. The first-order chi connectivity index (χ1) is 10.8. The van der Waals surface area contributed by atoms with Gasteiger partial charge in [-0.2, -0.15) is 0 Å². The van der Waals surface area contributed by atoms with Gasteiger partial charge in [-0.25, -0.2) is 4.79 Å². The molecule has 2 heterocycles. The largest absolute Gasteiger partial charge is 0.479 e. The third-order valence-corrected chi connectivity index (χ3v) is 4.17. The Labute approximate surface area is 133 Å². The lowest BCUT2D eigenvalue weighted by molar-refractivity contribution is -0.160. The number of benzene rings is 1. The molecule has 2 atom stereocenters. The van der Waals surface area contributed by atoms with Gasteiger partial charge in [0.1, 0.15) is 5.58 Å². The summed E-state index contributed by atoms with van der Waals surface area (Å²) < 4.78 is 11.0. The van der Waals surface area contributed by atoms with E-state index in [1.807, 2.05) is 26.0 Å². The van der Waals surface area contributed by atoms with Crippen molar-refractivity contribution in [3.05, 3.63) is 35.1 Å². The SMILES string of the molecule is Cc1cc2cc(C(=O)N3CC(C(=O)O)O[C@H](C)C3)oc2cc1C. The lowest BCUT2D eigenvalue weighted by Gasteiger charge is -2.34. The van der Waals surface area contributed by atoms with Crippen molar-refractivity contribution in [1.29, 1.82) is 0 Å². The smallest absolute Gasteiger partial charge is 0.334 e. The molecule has 1 aliphatic rings. The Kier molecular flexibility index (Phi) is 3.85. The van der Waals surface area contributed by atoms with Crippen molar-refractivity contribution in [2.45, 2.75) is 33.0 Å². The number of ether oxygens (including phenoxy) is 1. The average Bonchev–Trinajstić information content (AvgIpc) is 2.89. The number of furan rings is 1. The van der Waals surface area contributed by atoms with Crippen molar-refractivity contribution < 1.29 is 23.8 Å². The minimum Gasteiger partial charge on any atom is -0.479 e. The van der Waals surface area contributed by atoms with Crippen LogP contribution < -0.4 is 0 Å². The molecule has 6 nitrogen and oxygen atoms in total. The van der Waals surface area contributed by atoms with Gasteiger partial charge in [0.2, 0.25) is 0 Å². The maximum atomic E-state index is 12.6. The second kappa shape index (κ2) is 5.70. The van der Waals surface area contributed by atoms with Crippen LogP contribution >= 0.6 is 0 Å². The molecule has 1 amide bonds. The molecular formula is C17H19NO5. The van der Waals surface area contributed by atoms with Crippen LogP contribution in [0.4, 0.5) is 0 Å². The van der Waals surface area contributed by atoms with Gasteiger partial charge in [0.15, 0.2) is 11.9 Å². The highest BCUT2D eigenvalue weighted by Gasteiger charge is 2.34. The quantitative estimate of drug-likeness (QED) is 0.920. The fraction of sp³-hybridized carbons (Fsp3) is 0.412. The van der Waals surface area contributed by atoms with Gasteiger partial charge in [-0.1, -0.05) is 0 Å². The molecule has 2 aromatic rings. The third-order valence-electron chi connectivity index (χ3n) is 4.17. The predicted molar refractivity (Wildman–Crippen MR) is 83.6 cm³/mol. The molecule has 0 spiro atoms. The number of carboxylic acid groups (broad SMARTS) is 1. The van der Waals surface area contributed by atoms with E-state index >= 15 is 0 Å². The van der Waals surface area contributed by atoms with E-state index in [2.05, 4.69) is 0 Å². The molecule has 0 radical (unpaired) electrons. The first-order valence-corrected chi connectivity index (χ1v) is 7.53. The molecule has 1 fully saturated rings. The van der Waals surface area contributed by atoms with E-state index in [1.54, 1.807) is 13.0 Å². The van der Waals surface area contributed by atoms with Crippen LogP contribution in [-0.4, -0.2) is 47.2 Å². The normalized spacial score (nSPS) is 21.6. The number of carbonyl (C=O) groups excluding carboxylic acids is 1. The number of hydrogen-bond donors (Lipinski definition) is 1. The summed E-state index contributed by atoms with van der Waals surface area (Å²) in [6.07, 6.45) is -1.33. The van der Waals surface area contributed by atoms with E-state index in [9.17, 15) is 9.59 Å². The van der Waals surface area contributed by atoms with E-state index < -0.39 is 12.1 Å². The number of hydrogen-bond acceptors (Lipinski definition) is 4. The van der Waals surface area contributed by atoms with Gasteiger partial charge >= 0.3 is 5.97 Å². The van der Waals surface area contributed by atoms with Gasteiger partial charge in [-0.05, 0) is 50.1 Å². The second-order valence-electron chi connectivity index (χ2n) is 6.07. The van der Waals surface area contributed by atoms with Crippen LogP contribution in [0, 0.1) is 13.8 Å². The molecule has 0 aliphatic carbocycles. The summed E-state index contributed by atoms with van der Waals surface area (Å²) >= 11 is 0. The Morgan fingerprint density at radius 1 is 1.17 bits per heavy atom. The van der Waals surface area contributed by atoms with Crippen molar-refractivity contribution in [1.82, 2.24) is 4.90 Å². The summed E-state index contributed by atoms with van der Waals surface area (Å²) in [6.45, 7) is 6.11. The Hall–Kier alpha value is -2.34. The highest BCUT2D eigenvalue weighted by molar-refractivity contribution is 5.96. The van der Waals surface area contributed by atoms with Crippen LogP contribution in [0.5, 0.6) is 0 Å². The zero-order chi connectivity index (χ0) is 16.7. The Bertz CT molecular complexity index is 740. The summed E-state index contributed by atoms with van der Waals surface area (Å²) in [6, 6.07) is 5.59. The zero-order valence-electron chi connectivity index (χ0n) is 13.3. The number of amides is 1. The summed E-state index contributed by atoms with van der Waals surface area (Å²) in [5.41, 5.74) is 2.88. The highest BCUT2D eigenvalue weighted by Crippen LogP contribution is 2.25. The fourth-order valence-corrected chi connectivity index (χ4v) is 2.82. The number of aryl methyl sites for hydroxylation is 2. The van der Waals surface area contributed by atoms with E-state index in [0.29, 0.717) is 12.1 Å². The Balaban J connectivity index is 1.89. The lowest BCUT2D eigenvalue weighted by Crippen LogP contribution is -2.51. The standard InChI is InChI=1S/C17H19NO5/c1-9-4-12-6-14(23-13(12)5-10(9)2)16(19)18-7-11(3)22-15(8-18)17(20)21/h4-6,11,15H,7-8H2,1-3H3,(H,20,21)/t11-,15?/m1/s1. The minimum absolute atomic E-state index is 0.0214. The van der Waals surface area contributed by atoms with E-state index in [0.717, 1.165) is 16.5 Å². The first kappa shape index (κ1) is 15.6. The van der Waals surface area contributed by atoms with Gasteiger partial charge in [-0.3, -0.25) is 4.79 Å². The van der Waals surface area contributed by atoms with Crippen LogP contribution in [0.3, 0.4) is 0 Å². The molecule has 6 heteroatoms. The average molecular weight is 317 g/mol. The van der Waals surface area contributed by atoms with E-state index in [-0.39, 0.29) is 24.3 Å². The summed E-state index contributed by atoms with van der Waals surface area (Å²) in [4.78, 5) is 25.2. The van der Waals surface area contributed by atoms with E-state index in [1.165, 1.54) is 4.90 Å².